The van der Waals surface area contributed by atoms with Crippen LogP contribution in [0.2, 0.25) is 0 Å². The Hall–Kier alpha value is -2.23. The molecule has 0 aromatic heterocycles. The molecular weight excluding hydrogens is 245 g/mol. The Morgan fingerprint density at radius 1 is 0.947 bits per heavy atom. The second-order valence-corrected chi connectivity index (χ2v) is 4.45. The minimum atomic E-state index is -0.338. The number of fused-ring (bicyclic) bond motifs is 1. The SMILES string of the molecule is Nc1ccc(-c2ccc3c(c2)OCCCO3)c(F)c1. The van der Waals surface area contributed by atoms with E-state index in [0.29, 0.717) is 36.0 Å². The Balaban J connectivity index is 2.03. The predicted octanol–water partition coefficient (Wildman–Crippen LogP) is 3.24. The van der Waals surface area contributed by atoms with Gasteiger partial charge in [0, 0.05) is 17.7 Å². The third-order valence-electron chi connectivity index (χ3n) is 3.05. The van der Waals surface area contributed by atoms with Crippen molar-refractivity contribution in [3.8, 4) is 22.6 Å². The van der Waals surface area contributed by atoms with E-state index in [-0.39, 0.29) is 5.82 Å². The van der Waals surface area contributed by atoms with E-state index in [1.54, 1.807) is 18.2 Å². The lowest BCUT2D eigenvalue weighted by Crippen LogP contribution is -1.97. The number of nitrogens with two attached hydrogens (primary N) is 1. The van der Waals surface area contributed by atoms with Gasteiger partial charge in [-0.05, 0) is 35.9 Å². The Morgan fingerprint density at radius 3 is 2.53 bits per heavy atom. The van der Waals surface area contributed by atoms with Crippen molar-refractivity contribution >= 4 is 5.69 Å². The summed E-state index contributed by atoms with van der Waals surface area (Å²) in [5.74, 6) is 1.03. The first-order chi connectivity index (χ1) is 9.24. The lowest BCUT2D eigenvalue weighted by Gasteiger charge is -2.10. The third kappa shape index (κ3) is 2.34. The standard InChI is InChI=1S/C15H14FNO2/c16-13-9-11(17)3-4-12(13)10-2-5-14-15(8-10)19-7-1-6-18-14/h2-5,8-9H,1,6-7,17H2. The minimum Gasteiger partial charge on any atom is -0.490 e. The predicted molar refractivity (Wildman–Crippen MR) is 71.9 cm³/mol. The molecular formula is C15H14FNO2. The molecule has 3 nitrogen and oxygen atoms in total. The number of hydrogen-bond acceptors (Lipinski definition) is 3. The number of anilines is 1. The van der Waals surface area contributed by atoms with Crippen molar-refractivity contribution in [2.24, 2.45) is 0 Å². The molecule has 1 aliphatic heterocycles. The fraction of sp³-hybridized carbons (Fsp3) is 0.200. The first kappa shape index (κ1) is 11.8. The molecule has 0 amide bonds. The Kier molecular flexibility index (Phi) is 2.99. The van der Waals surface area contributed by atoms with E-state index in [2.05, 4.69) is 0 Å². The van der Waals surface area contributed by atoms with Gasteiger partial charge < -0.3 is 15.2 Å². The average Bonchev–Trinajstić information content (AvgIpc) is 2.63. The van der Waals surface area contributed by atoms with Gasteiger partial charge in [0.15, 0.2) is 11.5 Å². The molecule has 0 spiro atoms. The molecule has 0 unspecified atom stereocenters. The number of rotatable bonds is 1. The van der Waals surface area contributed by atoms with E-state index in [0.717, 1.165) is 12.0 Å². The van der Waals surface area contributed by atoms with Gasteiger partial charge in [0.05, 0.1) is 13.2 Å². The summed E-state index contributed by atoms with van der Waals surface area (Å²) in [6.07, 6.45) is 0.847. The number of halogens is 1. The van der Waals surface area contributed by atoms with Gasteiger partial charge in [-0.3, -0.25) is 0 Å². The molecule has 98 valence electrons. The van der Waals surface area contributed by atoms with Gasteiger partial charge in [-0.2, -0.15) is 0 Å². The zero-order valence-electron chi connectivity index (χ0n) is 10.4. The fourth-order valence-corrected chi connectivity index (χ4v) is 2.10. The average molecular weight is 259 g/mol. The van der Waals surface area contributed by atoms with Gasteiger partial charge >= 0.3 is 0 Å². The second-order valence-electron chi connectivity index (χ2n) is 4.45. The van der Waals surface area contributed by atoms with Crippen molar-refractivity contribution in [1.29, 1.82) is 0 Å². The van der Waals surface area contributed by atoms with Crippen molar-refractivity contribution < 1.29 is 13.9 Å². The normalized spacial score (nSPS) is 13.9. The van der Waals surface area contributed by atoms with Crippen LogP contribution in [0.25, 0.3) is 11.1 Å². The summed E-state index contributed by atoms with van der Waals surface area (Å²) < 4.78 is 25.0. The molecule has 0 aliphatic carbocycles. The van der Waals surface area contributed by atoms with Gasteiger partial charge in [0.2, 0.25) is 0 Å². The molecule has 0 radical (unpaired) electrons. The summed E-state index contributed by atoms with van der Waals surface area (Å²) >= 11 is 0. The third-order valence-corrected chi connectivity index (χ3v) is 3.05. The smallest absolute Gasteiger partial charge is 0.161 e. The number of nitrogen functional groups attached to an aromatic ring is 1. The summed E-state index contributed by atoms with van der Waals surface area (Å²) in [6, 6.07) is 10.1. The minimum absolute atomic E-state index is 0.338. The van der Waals surface area contributed by atoms with E-state index in [4.69, 9.17) is 15.2 Å². The summed E-state index contributed by atoms with van der Waals surface area (Å²) in [7, 11) is 0. The highest BCUT2D eigenvalue weighted by Crippen LogP contribution is 2.35. The van der Waals surface area contributed by atoms with Crippen LogP contribution in [0, 0.1) is 5.82 Å². The highest BCUT2D eigenvalue weighted by Gasteiger charge is 2.13. The molecule has 2 aromatic carbocycles. The quantitative estimate of drug-likeness (QED) is 0.800. The largest absolute Gasteiger partial charge is 0.490 e. The van der Waals surface area contributed by atoms with Crippen LogP contribution in [0.1, 0.15) is 6.42 Å². The van der Waals surface area contributed by atoms with E-state index < -0.39 is 0 Å². The molecule has 1 aliphatic rings. The second kappa shape index (κ2) is 4.80. The molecule has 0 fully saturated rings. The fourth-order valence-electron chi connectivity index (χ4n) is 2.10. The van der Waals surface area contributed by atoms with Crippen molar-refractivity contribution in [2.45, 2.75) is 6.42 Å². The van der Waals surface area contributed by atoms with Gasteiger partial charge in [-0.25, -0.2) is 4.39 Å². The zero-order chi connectivity index (χ0) is 13.2. The number of hydrogen-bond donors (Lipinski definition) is 1. The molecule has 3 rings (SSSR count). The van der Waals surface area contributed by atoms with E-state index >= 15 is 0 Å². The summed E-state index contributed by atoms with van der Waals surface area (Å²) in [5, 5.41) is 0. The molecule has 2 N–H and O–H groups in total. The first-order valence-corrected chi connectivity index (χ1v) is 6.19. The Labute approximate surface area is 110 Å². The van der Waals surface area contributed by atoms with Crippen LogP contribution >= 0.6 is 0 Å². The molecule has 1 heterocycles. The Bertz CT molecular complexity index is 613. The molecule has 0 saturated heterocycles. The molecule has 19 heavy (non-hydrogen) atoms. The van der Waals surface area contributed by atoms with Crippen LogP contribution in [-0.4, -0.2) is 13.2 Å². The highest BCUT2D eigenvalue weighted by molar-refractivity contribution is 5.69. The van der Waals surface area contributed by atoms with Crippen LogP contribution in [0.15, 0.2) is 36.4 Å². The van der Waals surface area contributed by atoms with Crippen LogP contribution in [-0.2, 0) is 0 Å². The topological polar surface area (TPSA) is 44.5 Å². The van der Waals surface area contributed by atoms with Gasteiger partial charge in [-0.15, -0.1) is 0 Å². The molecule has 0 atom stereocenters. The lowest BCUT2D eigenvalue weighted by molar-refractivity contribution is 0.297. The van der Waals surface area contributed by atoms with Crippen LogP contribution < -0.4 is 15.2 Å². The van der Waals surface area contributed by atoms with E-state index in [1.165, 1.54) is 6.07 Å². The highest BCUT2D eigenvalue weighted by atomic mass is 19.1. The maximum atomic E-state index is 13.9. The van der Waals surface area contributed by atoms with Crippen LogP contribution in [0.3, 0.4) is 0 Å². The van der Waals surface area contributed by atoms with Gasteiger partial charge in [0.1, 0.15) is 5.82 Å². The van der Waals surface area contributed by atoms with Crippen molar-refractivity contribution in [3.63, 3.8) is 0 Å². The van der Waals surface area contributed by atoms with Crippen molar-refractivity contribution in [2.75, 3.05) is 18.9 Å². The summed E-state index contributed by atoms with van der Waals surface area (Å²) in [5.41, 5.74) is 7.22. The number of benzene rings is 2. The van der Waals surface area contributed by atoms with Crippen LogP contribution in [0.4, 0.5) is 10.1 Å². The summed E-state index contributed by atoms with van der Waals surface area (Å²) in [4.78, 5) is 0. The first-order valence-electron chi connectivity index (χ1n) is 6.19. The molecule has 0 bridgehead atoms. The van der Waals surface area contributed by atoms with E-state index in [1.807, 2.05) is 12.1 Å². The maximum absolute atomic E-state index is 13.9. The monoisotopic (exact) mass is 259 g/mol. The van der Waals surface area contributed by atoms with Gasteiger partial charge in [-0.1, -0.05) is 6.07 Å². The van der Waals surface area contributed by atoms with Crippen molar-refractivity contribution in [1.82, 2.24) is 0 Å². The Morgan fingerprint density at radius 2 is 1.74 bits per heavy atom. The molecule has 2 aromatic rings. The zero-order valence-corrected chi connectivity index (χ0v) is 10.4. The molecule has 4 heteroatoms. The number of ether oxygens (including phenoxy) is 2. The van der Waals surface area contributed by atoms with Gasteiger partial charge in [0.25, 0.3) is 0 Å². The maximum Gasteiger partial charge on any atom is 0.161 e. The lowest BCUT2D eigenvalue weighted by atomic mass is 10.0. The van der Waals surface area contributed by atoms with Crippen LogP contribution in [0.5, 0.6) is 11.5 Å². The van der Waals surface area contributed by atoms with Crippen molar-refractivity contribution in [3.05, 3.63) is 42.2 Å². The van der Waals surface area contributed by atoms with E-state index in [9.17, 15) is 4.39 Å². The summed E-state index contributed by atoms with van der Waals surface area (Å²) in [6.45, 7) is 1.25. The molecule has 0 saturated carbocycles.